The molecule has 1 unspecified atom stereocenters. The average molecular weight is 317 g/mol. The quantitative estimate of drug-likeness (QED) is 0.841. The predicted molar refractivity (Wildman–Crippen MR) is 86.4 cm³/mol. The van der Waals surface area contributed by atoms with Gasteiger partial charge in [-0.1, -0.05) is 13.3 Å². The summed E-state index contributed by atoms with van der Waals surface area (Å²) in [5.74, 6) is 0.448. The number of hydrogen-bond donors (Lipinski definition) is 1. The van der Waals surface area contributed by atoms with Crippen LogP contribution in [0.5, 0.6) is 0 Å². The zero-order valence-electron chi connectivity index (χ0n) is 13.7. The largest absolute Gasteiger partial charge is 0.317 e. The number of nitrogens with one attached hydrogen (secondary N) is 1. The molecule has 0 radical (unpaired) electrons. The van der Waals surface area contributed by atoms with E-state index in [1.54, 1.807) is 8.61 Å². The molecule has 0 saturated carbocycles. The summed E-state index contributed by atoms with van der Waals surface area (Å²) in [6.45, 7) is 9.41. The molecule has 0 aromatic rings. The third-order valence-electron chi connectivity index (χ3n) is 4.87. The molecule has 2 aliphatic heterocycles. The van der Waals surface area contributed by atoms with Gasteiger partial charge in [-0.2, -0.15) is 17.0 Å². The summed E-state index contributed by atoms with van der Waals surface area (Å²) >= 11 is 0. The fourth-order valence-electron chi connectivity index (χ4n) is 3.74. The molecule has 0 amide bonds. The van der Waals surface area contributed by atoms with Gasteiger partial charge in [0.25, 0.3) is 10.2 Å². The molecule has 1 N–H and O–H groups in total. The molecule has 0 aromatic carbocycles. The van der Waals surface area contributed by atoms with Crippen molar-refractivity contribution in [1.82, 2.24) is 13.9 Å². The lowest BCUT2D eigenvalue weighted by molar-refractivity contribution is 0.174. The standard InChI is InChI=1S/C15H31N3O2S/c1-4-16-11-15-9-6-10-17(12-15)21(19,20)18-13(2)7-5-8-14(18)3/h13-16H,4-12H2,1-3H3/t13-,14+,15?. The second kappa shape index (κ2) is 7.40. The average Bonchev–Trinajstić information content (AvgIpc) is 2.45. The first-order valence-electron chi connectivity index (χ1n) is 8.46. The molecule has 2 rings (SSSR count). The maximum Gasteiger partial charge on any atom is 0.282 e. The molecule has 0 aromatic heterocycles. The van der Waals surface area contributed by atoms with Crippen LogP contribution in [0.25, 0.3) is 0 Å². The van der Waals surface area contributed by atoms with Crippen LogP contribution in [0.1, 0.15) is 52.9 Å². The molecular weight excluding hydrogens is 286 g/mol. The summed E-state index contributed by atoms with van der Waals surface area (Å²) in [7, 11) is -3.30. The molecule has 2 heterocycles. The van der Waals surface area contributed by atoms with Gasteiger partial charge in [-0.15, -0.1) is 0 Å². The molecule has 3 atom stereocenters. The number of rotatable bonds is 5. The van der Waals surface area contributed by atoms with E-state index >= 15 is 0 Å². The highest BCUT2D eigenvalue weighted by atomic mass is 32.2. The molecule has 0 spiro atoms. The Hall–Kier alpha value is -0.170. The van der Waals surface area contributed by atoms with Gasteiger partial charge >= 0.3 is 0 Å². The van der Waals surface area contributed by atoms with E-state index in [4.69, 9.17) is 0 Å². The number of nitrogens with zero attached hydrogens (tertiary/aromatic N) is 2. The molecule has 2 fully saturated rings. The van der Waals surface area contributed by atoms with Gasteiger partial charge in [0.15, 0.2) is 0 Å². The molecule has 2 aliphatic rings. The van der Waals surface area contributed by atoms with Crippen LogP contribution in [0, 0.1) is 5.92 Å². The highest BCUT2D eigenvalue weighted by Gasteiger charge is 2.39. The maximum atomic E-state index is 13.0. The van der Waals surface area contributed by atoms with Crippen LogP contribution >= 0.6 is 0 Å². The minimum atomic E-state index is -3.30. The van der Waals surface area contributed by atoms with Gasteiger partial charge in [0, 0.05) is 25.2 Å². The Labute approximate surface area is 130 Å². The van der Waals surface area contributed by atoms with Crippen molar-refractivity contribution in [2.45, 2.75) is 65.0 Å². The first-order valence-corrected chi connectivity index (χ1v) is 9.85. The second-order valence-corrected chi connectivity index (χ2v) is 8.47. The van der Waals surface area contributed by atoms with Crippen molar-refractivity contribution in [3.05, 3.63) is 0 Å². The van der Waals surface area contributed by atoms with Crippen LogP contribution < -0.4 is 5.32 Å². The van der Waals surface area contributed by atoms with Crippen LogP contribution in [-0.2, 0) is 10.2 Å². The first-order chi connectivity index (χ1) is 9.96. The van der Waals surface area contributed by atoms with Crippen LogP contribution in [-0.4, -0.2) is 55.3 Å². The molecule has 0 bridgehead atoms. The van der Waals surface area contributed by atoms with Crippen LogP contribution in [0.15, 0.2) is 0 Å². The minimum Gasteiger partial charge on any atom is -0.317 e. The third kappa shape index (κ3) is 3.97. The van der Waals surface area contributed by atoms with Crippen molar-refractivity contribution in [1.29, 1.82) is 0 Å². The van der Waals surface area contributed by atoms with Crippen molar-refractivity contribution in [3.63, 3.8) is 0 Å². The van der Waals surface area contributed by atoms with E-state index in [0.29, 0.717) is 19.0 Å². The normalized spacial score (nSPS) is 33.2. The van der Waals surface area contributed by atoms with Crippen molar-refractivity contribution < 1.29 is 8.42 Å². The molecule has 6 heteroatoms. The molecule has 0 aliphatic carbocycles. The van der Waals surface area contributed by atoms with E-state index in [1.807, 2.05) is 13.8 Å². The summed E-state index contributed by atoms with van der Waals surface area (Å²) < 4.78 is 29.5. The fourth-order valence-corrected chi connectivity index (χ4v) is 5.88. The van der Waals surface area contributed by atoms with Crippen molar-refractivity contribution in [2.75, 3.05) is 26.2 Å². The maximum absolute atomic E-state index is 13.0. The van der Waals surface area contributed by atoms with E-state index < -0.39 is 10.2 Å². The van der Waals surface area contributed by atoms with Crippen molar-refractivity contribution in [3.8, 4) is 0 Å². The molecule has 2 saturated heterocycles. The Morgan fingerprint density at radius 2 is 1.76 bits per heavy atom. The van der Waals surface area contributed by atoms with Gasteiger partial charge in [-0.3, -0.25) is 0 Å². The Balaban J connectivity index is 2.07. The Morgan fingerprint density at radius 3 is 2.38 bits per heavy atom. The fraction of sp³-hybridized carbons (Fsp3) is 1.00. The summed E-state index contributed by atoms with van der Waals surface area (Å²) in [4.78, 5) is 0. The monoisotopic (exact) mass is 317 g/mol. The van der Waals surface area contributed by atoms with E-state index in [2.05, 4.69) is 12.2 Å². The second-order valence-electron chi connectivity index (χ2n) is 6.64. The lowest BCUT2D eigenvalue weighted by Crippen LogP contribution is -2.55. The van der Waals surface area contributed by atoms with E-state index in [-0.39, 0.29) is 12.1 Å². The molecule has 124 valence electrons. The first kappa shape index (κ1) is 17.2. The Bertz CT molecular complexity index is 417. The highest BCUT2D eigenvalue weighted by molar-refractivity contribution is 7.86. The van der Waals surface area contributed by atoms with Gasteiger partial charge in [-0.05, 0) is 58.5 Å². The summed E-state index contributed by atoms with van der Waals surface area (Å²) in [6.07, 6.45) is 5.21. The summed E-state index contributed by atoms with van der Waals surface area (Å²) in [5.41, 5.74) is 0. The predicted octanol–water partition coefficient (Wildman–Crippen LogP) is 1.82. The van der Waals surface area contributed by atoms with Gasteiger partial charge < -0.3 is 5.32 Å². The van der Waals surface area contributed by atoms with Gasteiger partial charge in [0.05, 0.1) is 0 Å². The lowest BCUT2D eigenvalue weighted by atomic mass is 10.00. The Kier molecular flexibility index (Phi) is 6.05. The highest BCUT2D eigenvalue weighted by Crippen LogP contribution is 2.29. The summed E-state index contributed by atoms with van der Waals surface area (Å²) in [5, 5.41) is 3.35. The van der Waals surface area contributed by atoms with Gasteiger partial charge in [-0.25, -0.2) is 0 Å². The number of piperidine rings is 2. The van der Waals surface area contributed by atoms with Crippen LogP contribution in [0.2, 0.25) is 0 Å². The van der Waals surface area contributed by atoms with E-state index in [9.17, 15) is 8.42 Å². The van der Waals surface area contributed by atoms with Crippen LogP contribution in [0.4, 0.5) is 0 Å². The lowest BCUT2D eigenvalue weighted by Gasteiger charge is -2.42. The SMILES string of the molecule is CCNCC1CCCN(S(=O)(=O)N2[C@H](C)CCC[C@@H]2C)C1. The topological polar surface area (TPSA) is 52.7 Å². The van der Waals surface area contributed by atoms with Gasteiger partial charge in [0.2, 0.25) is 0 Å². The molecule has 5 nitrogen and oxygen atoms in total. The Morgan fingerprint density at radius 1 is 1.10 bits per heavy atom. The van der Waals surface area contributed by atoms with Gasteiger partial charge in [0.1, 0.15) is 0 Å². The van der Waals surface area contributed by atoms with Crippen molar-refractivity contribution in [2.24, 2.45) is 5.92 Å². The van der Waals surface area contributed by atoms with E-state index in [0.717, 1.165) is 45.2 Å². The zero-order chi connectivity index (χ0) is 15.5. The minimum absolute atomic E-state index is 0.132. The third-order valence-corrected chi connectivity index (χ3v) is 7.11. The van der Waals surface area contributed by atoms with Crippen LogP contribution in [0.3, 0.4) is 0 Å². The smallest absolute Gasteiger partial charge is 0.282 e. The van der Waals surface area contributed by atoms with E-state index in [1.165, 1.54) is 0 Å². The summed E-state index contributed by atoms with van der Waals surface area (Å²) in [6, 6.07) is 0.265. The zero-order valence-corrected chi connectivity index (χ0v) is 14.5. The molecule has 21 heavy (non-hydrogen) atoms. The molecular formula is C15H31N3O2S. The van der Waals surface area contributed by atoms with Crippen molar-refractivity contribution >= 4 is 10.2 Å². The number of hydrogen-bond acceptors (Lipinski definition) is 3.